The molecule has 0 radical (unpaired) electrons. The Hall–Kier alpha value is -0.383. The highest BCUT2D eigenvalue weighted by molar-refractivity contribution is 6.70. The molecule has 0 heterocycles. The fraction of sp³-hybridized carbons (Fsp3) is 0.750. The van der Waals surface area contributed by atoms with Crippen molar-refractivity contribution >= 4 is 8.56 Å². The summed E-state index contributed by atoms with van der Waals surface area (Å²) in [4.78, 5) is 0. The number of hydrogen-bond acceptors (Lipinski definition) is 2. The van der Waals surface area contributed by atoms with Crippen molar-refractivity contribution in [1.29, 1.82) is 0 Å². The van der Waals surface area contributed by atoms with Crippen molar-refractivity contribution in [1.82, 2.24) is 0 Å². The van der Waals surface area contributed by atoms with Crippen LogP contribution < -0.4 is 0 Å². The standard InChI is InChI=1S/C16H28O2Si/c1-3-13-17-19(18-14-4-2,15-9-5-6-10-15)16-11-7-8-12-16/h5-8,15-16H,3-4,9-14H2,1-2H3. The Morgan fingerprint density at radius 1 is 0.789 bits per heavy atom. The Labute approximate surface area is 119 Å². The molecule has 2 aliphatic carbocycles. The van der Waals surface area contributed by atoms with Gasteiger partial charge in [0, 0.05) is 24.3 Å². The van der Waals surface area contributed by atoms with Gasteiger partial charge in [0.05, 0.1) is 0 Å². The average molecular weight is 280 g/mol. The number of rotatable bonds is 8. The second-order valence-corrected chi connectivity index (χ2v) is 9.35. The van der Waals surface area contributed by atoms with Crippen LogP contribution in [0.15, 0.2) is 24.3 Å². The van der Waals surface area contributed by atoms with Gasteiger partial charge in [0.25, 0.3) is 0 Å². The van der Waals surface area contributed by atoms with E-state index < -0.39 is 8.56 Å². The van der Waals surface area contributed by atoms with Crippen LogP contribution in [-0.2, 0) is 8.85 Å². The van der Waals surface area contributed by atoms with Crippen LogP contribution in [0.3, 0.4) is 0 Å². The Bertz CT molecular complexity index is 277. The Kier molecular flexibility index (Phi) is 5.86. The molecule has 0 spiro atoms. The summed E-state index contributed by atoms with van der Waals surface area (Å²) in [5.74, 6) is 0. The monoisotopic (exact) mass is 280 g/mol. The highest BCUT2D eigenvalue weighted by Crippen LogP contribution is 2.47. The van der Waals surface area contributed by atoms with Crippen molar-refractivity contribution in [3.63, 3.8) is 0 Å². The molecule has 2 nitrogen and oxygen atoms in total. The van der Waals surface area contributed by atoms with Crippen LogP contribution in [0.2, 0.25) is 11.1 Å². The van der Waals surface area contributed by atoms with Crippen LogP contribution in [0.1, 0.15) is 52.4 Å². The quantitative estimate of drug-likeness (QED) is 0.473. The molecule has 108 valence electrons. The Morgan fingerprint density at radius 2 is 1.16 bits per heavy atom. The van der Waals surface area contributed by atoms with Gasteiger partial charge in [-0.1, -0.05) is 38.2 Å². The van der Waals surface area contributed by atoms with E-state index in [-0.39, 0.29) is 0 Å². The van der Waals surface area contributed by atoms with E-state index in [9.17, 15) is 0 Å². The predicted octanol–water partition coefficient (Wildman–Crippen LogP) is 4.72. The molecular weight excluding hydrogens is 252 g/mol. The lowest BCUT2D eigenvalue weighted by Crippen LogP contribution is -2.50. The molecule has 0 bridgehead atoms. The first-order valence-electron chi connectivity index (χ1n) is 7.91. The van der Waals surface area contributed by atoms with E-state index in [1.807, 2.05) is 0 Å². The summed E-state index contributed by atoms with van der Waals surface area (Å²) in [5, 5.41) is 0. The first kappa shape index (κ1) is 15.0. The minimum atomic E-state index is -2.10. The lowest BCUT2D eigenvalue weighted by Gasteiger charge is -2.40. The minimum absolute atomic E-state index is 0.635. The van der Waals surface area contributed by atoms with E-state index in [1.165, 1.54) is 0 Å². The van der Waals surface area contributed by atoms with Gasteiger partial charge in [-0.25, -0.2) is 0 Å². The zero-order valence-corrected chi connectivity index (χ0v) is 13.4. The number of hydrogen-bond donors (Lipinski definition) is 0. The van der Waals surface area contributed by atoms with Crippen molar-refractivity contribution in [3.05, 3.63) is 24.3 Å². The van der Waals surface area contributed by atoms with Gasteiger partial charge in [-0.3, -0.25) is 0 Å². The fourth-order valence-electron chi connectivity index (χ4n) is 3.26. The molecule has 19 heavy (non-hydrogen) atoms. The maximum absolute atomic E-state index is 6.49. The van der Waals surface area contributed by atoms with Gasteiger partial charge < -0.3 is 8.85 Å². The van der Waals surface area contributed by atoms with Gasteiger partial charge in [-0.15, -0.1) is 0 Å². The summed E-state index contributed by atoms with van der Waals surface area (Å²) >= 11 is 0. The summed E-state index contributed by atoms with van der Waals surface area (Å²) in [6.07, 6.45) is 16.1. The summed E-state index contributed by atoms with van der Waals surface area (Å²) in [6.45, 7) is 6.11. The molecule has 0 unspecified atom stereocenters. The summed E-state index contributed by atoms with van der Waals surface area (Å²) in [6, 6.07) is 0. The third-order valence-electron chi connectivity index (χ3n) is 4.22. The SMILES string of the molecule is CCCO[Si](OCCC)(C1CC=CC1)C1CC=CC1. The van der Waals surface area contributed by atoms with Crippen LogP contribution in [0, 0.1) is 0 Å². The third kappa shape index (κ3) is 3.39. The van der Waals surface area contributed by atoms with Crippen LogP contribution in [-0.4, -0.2) is 21.8 Å². The zero-order chi connectivity index (χ0) is 13.6. The molecule has 0 aliphatic heterocycles. The Morgan fingerprint density at radius 3 is 1.47 bits per heavy atom. The van der Waals surface area contributed by atoms with Gasteiger partial charge in [-0.2, -0.15) is 0 Å². The maximum Gasteiger partial charge on any atom is 0.345 e. The molecule has 0 aromatic carbocycles. The Balaban J connectivity index is 2.14. The molecule has 0 fully saturated rings. The third-order valence-corrected chi connectivity index (χ3v) is 8.75. The highest BCUT2D eigenvalue weighted by atomic mass is 28.4. The molecule has 0 aromatic rings. The molecule has 2 rings (SSSR count). The van der Waals surface area contributed by atoms with E-state index in [1.54, 1.807) is 0 Å². The lowest BCUT2D eigenvalue weighted by atomic mass is 10.3. The van der Waals surface area contributed by atoms with Crippen molar-refractivity contribution in [2.24, 2.45) is 0 Å². The molecule has 0 amide bonds. The molecule has 0 saturated heterocycles. The van der Waals surface area contributed by atoms with Crippen molar-refractivity contribution in [2.75, 3.05) is 13.2 Å². The van der Waals surface area contributed by atoms with Gasteiger partial charge in [-0.05, 0) is 38.5 Å². The normalized spacial score (nSPS) is 20.7. The minimum Gasteiger partial charge on any atom is -0.394 e. The molecule has 0 atom stereocenters. The van der Waals surface area contributed by atoms with Crippen LogP contribution in [0.25, 0.3) is 0 Å². The van der Waals surface area contributed by atoms with E-state index in [2.05, 4.69) is 38.2 Å². The van der Waals surface area contributed by atoms with Crippen molar-refractivity contribution in [2.45, 2.75) is 63.5 Å². The molecule has 0 saturated carbocycles. The second-order valence-electron chi connectivity index (χ2n) is 5.70. The molecule has 3 heteroatoms. The van der Waals surface area contributed by atoms with Gasteiger partial charge in [0.1, 0.15) is 0 Å². The average Bonchev–Trinajstić information content (AvgIpc) is 3.12. The van der Waals surface area contributed by atoms with Gasteiger partial charge in [0.2, 0.25) is 0 Å². The molecular formula is C16H28O2Si. The van der Waals surface area contributed by atoms with E-state index in [0.29, 0.717) is 11.1 Å². The van der Waals surface area contributed by atoms with Crippen LogP contribution in [0.5, 0.6) is 0 Å². The molecule has 0 aromatic heterocycles. The van der Waals surface area contributed by atoms with Gasteiger partial charge in [0.15, 0.2) is 0 Å². The van der Waals surface area contributed by atoms with Gasteiger partial charge >= 0.3 is 8.56 Å². The predicted molar refractivity (Wildman–Crippen MR) is 82.5 cm³/mol. The summed E-state index contributed by atoms with van der Waals surface area (Å²) < 4.78 is 13.0. The van der Waals surface area contributed by atoms with E-state index >= 15 is 0 Å². The largest absolute Gasteiger partial charge is 0.394 e. The first-order chi connectivity index (χ1) is 9.33. The molecule has 0 N–H and O–H groups in total. The second kappa shape index (κ2) is 7.41. The lowest BCUT2D eigenvalue weighted by molar-refractivity contribution is 0.148. The fourth-order valence-corrected chi connectivity index (χ4v) is 7.86. The summed E-state index contributed by atoms with van der Waals surface area (Å²) in [7, 11) is -2.10. The first-order valence-corrected chi connectivity index (χ1v) is 9.88. The highest BCUT2D eigenvalue weighted by Gasteiger charge is 2.52. The number of allylic oxidation sites excluding steroid dienone is 4. The smallest absolute Gasteiger partial charge is 0.345 e. The van der Waals surface area contributed by atoms with Crippen LogP contribution >= 0.6 is 0 Å². The topological polar surface area (TPSA) is 18.5 Å². The van der Waals surface area contributed by atoms with Crippen LogP contribution in [0.4, 0.5) is 0 Å². The maximum atomic E-state index is 6.49. The zero-order valence-electron chi connectivity index (χ0n) is 12.4. The van der Waals surface area contributed by atoms with Crippen molar-refractivity contribution in [3.8, 4) is 0 Å². The van der Waals surface area contributed by atoms with E-state index in [0.717, 1.165) is 51.7 Å². The van der Waals surface area contributed by atoms with Crippen molar-refractivity contribution < 1.29 is 8.85 Å². The summed E-state index contributed by atoms with van der Waals surface area (Å²) in [5.41, 5.74) is 1.27. The van der Waals surface area contributed by atoms with E-state index in [4.69, 9.17) is 8.85 Å². The molecule has 2 aliphatic rings.